The number of halogens is 2. The molecular weight excluding hydrogens is 250 g/mol. The third-order valence-corrected chi connectivity index (χ3v) is 3.81. The van der Waals surface area contributed by atoms with Crippen LogP contribution >= 0.6 is 0 Å². The molecular formula is C14H20F2N2O. The van der Waals surface area contributed by atoms with Gasteiger partial charge in [-0.25, -0.2) is 0 Å². The first-order valence-corrected chi connectivity index (χ1v) is 6.55. The Labute approximate surface area is 112 Å². The zero-order valence-electron chi connectivity index (χ0n) is 11.3. The summed E-state index contributed by atoms with van der Waals surface area (Å²) in [6.07, 6.45) is 1.15. The molecule has 0 aliphatic carbocycles. The van der Waals surface area contributed by atoms with Crippen LogP contribution in [0.4, 0.5) is 8.78 Å². The van der Waals surface area contributed by atoms with Crippen molar-refractivity contribution >= 4 is 0 Å². The van der Waals surface area contributed by atoms with Crippen molar-refractivity contribution in [2.45, 2.75) is 32.0 Å². The number of ether oxygens (including phenoxy) is 1. The summed E-state index contributed by atoms with van der Waals surface area (Å²) in [4.78, 5) is 2.32. The van der Waals surface area contributed by atoms with Crippen LogP contribution in [0.5, 0.6) is 5.75 Å². The maximum atomic E-state index is 12.1. The van der Waals surface area contributed by atoms with Crippen LogP contribution in [-0.4, -0.2) is 37.7 Å². The molecule has 1 fully saturated rings. The Hall–Kier alpha value is -1.20. The molecule has 2 unspecified atom stereocenters. The number of hydrogen-bond acceptors (Lipinski definition) is 3. The summed E-state index contributed by atoms with van der Waals surface area (Å²) in [5.41, 5.74) is 1.11. The van der Waals surface area contributed by atoms with E-state index < -0.39 is 6.61 Å². The molecule has 2 rings (SSSR count). The van der Waals surface area contributed by atoms with Gasteiger partial charge in [0.1, 0.15) is 5.75 Å². The molecule has 106 valence electrons. The van der Waals surface area contributed by atoms with Crippen LogP contribution in [0.3, 0.4) is 0 Å². The molecule has 0 saturated carbocycles. The molecule has 0 amide bonds. The van der Waals surface area contributed by atoms with Gasteiger partial charge in [0.25, 0.3) is 0 Å². The van der Waals surface area contributed by atoms with Gasteiger partial charge in [0.2, 0.25) is 0 Å². The lowest BCUT2D eigenvalue weighted by atomic mass is 10.0. The van der Waals surface area contributed by atoms with Gasteiger partial charge in [0.05, 0.1) is 0 Å². The Morgan fingerprint density at radius 1 is 1.32 bits per heavy atom. The van der Waals surface area contributed by atoms with Crippen molar-refractivity contribution in [3.05, 3.63) is 29.8 Å². The van der Waals surface area contributed by atoms with Crippen molar-refractivity contribution in [1.82, 2.24) is 10.2 Å². The lowest BCUT2D eigenvalue weighted by molar-refractivity contribution is -0.0498. The monoisotopic (exact) mass is 270 g/mol. The first-order valence-electron chi connectivity index (χ1n) is 6.55. The van der Waals surface area contributed by atoms with Gasteiger partial charge in [-0.15, -0.1) is 0 Å². The van der Waals surface area contributed by atoms with E-state index in [4.69, 9.17) is 0 Å². The van der Waals surface area contributed by atoms with Gasteiger partial charge in [-0.05, 0) is 44.6 Å². The van der Waals surface area contributed by atoms with E-state index >= 15 is 0 Å². The number of benzene rings is 1. The Balaban J connectivity index is 2.00. The minimum absolute atomic E-state index is 0.205. The zero-order valence-corrected chi connectivity index (χ0v) is 11.3. The molecule has 0 radical (unpaired) electrons. The number of likely N-dealkylation sites (N-methyl/N-ethyl adjacent to an activating group) is 1. The van der Waals surface area contributed by atoms with Crippen molar-refractivity contribution in [3.8, 4) is 5.75 Å². The first kappa shape index (κ1) is 14.2. The van der Waals surface area contributed by atoms with Gasteiger partial charge in [-0.2, -0.15) is 8.78 Å². The van der Waals surface area contributed by atoms with Crippen LogP contribution in [0.25, 0.3) is 0 Å². The largest absolute Gasteiger partial charge is 0.435 e. The number of rotatable bonds is 5. The second-order valence-corrected chi connectivity index (χ2v) is 4.94. The molecule has 1 aliphatic heterocycles. The SMILES string of the molecule is CC(c1ccc(OC(F)F)cc1)N(C)C1CCNC1. The quantitative estimate of drug-likeness (QED) is 0.890. The summed E-state index contributed by atoms with van der Waals surface area (Å²) in [6.45, 7) is 1.42. The van der Waals surface area contributed by atoms with Crippen LogP contribution in [-0.2, 0) is 0 Å². The highest BCUT2D eigenvalue weighted by molar-refractivity contribution is 5.29. The van der Waals surface area contributed by atoms with Crippen molar-refractivity contribution in [2.24, 2.45) is 0 Å². The van der Waals surface area contributed by atoms with E-state index in [-0.39, 0.29) is 11.8 Å². The number of alkyl halides is 2. The van der Waals surface area contributed by atoms with E-state index in [1.54, 1.807) is 12.1 Å². The van der Waals surface area contributed by atoms with Crippen molar-refractivity contribution < 1.29 is 13.5 Å². The van der Waals surface area contributed by atoms with Crippen LogP contribution in [0.2, 0.25) is 0 Å². The zero-order chi connectivity index (χ0) is 13.8. The van der Waals surface area contributed by atoms with Crippen molar-refractivity contribution in [3.63, 3.8) is 0 Å². The maximum Gasteiger partial charge on any atom is 0.387 e. The topological polar surface area (TPSA) is 24.5 Å². The molecule has 1 N–H and O–H groups in total. The minimum Gasteiger partial charge on any atom is -0.435 e. The van der Waals surface area contributed by atoms with Crippen molar-refractivity contribution in [2.75, 3.05) is 20.1 Å². The van der Waals surface area contributed by atoms with E-state index in [0.29, 0.717) is 6.04 Å². The maximum absolute atomic E-state index is 12.1. The minimum atomic E-state index is -2.77. The standard InChI is InChI=1S/C14H20F2N2O/c1-10(18(2)12-7-8-17-9-12)11-3-5-13(6-4-11)19-14(15)16/h3-6,10,12,14,17H,7-9H2,1-2H3. The predicted octanol–water partition coefficient (Wildman–Crippen LogP) is 2.64. The van der Waals surface area contributed by atoms with Gasteiger partial charge in [0, 0.05) is 18.6 Å². The van der Waals surface area contributed by atoms with E-state index in [2.05, 4.69) is 28.9 Å². The third-order valence-electron chi connectivity index (χ3n) is 3.81. The molecule has 0 spiro atoms. The van der Waals surface area contributed by atoms with Gasteiger partial charge >= 0.3 is 6.61 Å². The fraction of sp³-hybridized carbons (Fsp3) is 0.571. The van der Waals surface area contributed by atoms with Crippen LogP contribution in [0.1, 0.15) is 24.9 Å². The predicted molar refractivity (Wildman–Crippen MR) is 70.5 cm³/mol. The number of nitrogens with one attached hydrogen (secondary N) is 1. The molecule has 2 atom stereocenters. The lowest BCUT2D eigenvalue weighted by Gasteiger charge is -2.30. The second-order valence-electron chi connectivity index (χ2n) is 4.94. The second kappa shape index (κ2) is 6.30. The molecule has 1 saturated heterocycles. The summed E-state index contributed by atoms with van der Waals surface area (Å²) < 4.78 is 28.5. The molecule has 5 heteroatoms. The average Bonchev–Trinajstić information content (AvgIpc) is 2.91. The average molecular weight is 270 g/mol. The molecule has 19 heavy (non-hydrogen) atoms. The molecule has 0 aromatic heterocycles. The molecule has 1 aliphatic rings. The van der Waals surface area contributed by atoms with E-state index in [0.717, 1.165) is 25.1 Å². The van der Waals surface area contributed by atoms with E-state index in [1.807, 2.05) is 12.1 Å². The summed E-state index contributed by atoms with van der Waals surface area (Å²) in [5, 5.41) is 3.35. The number of hydrogen-bond donors (Lipinski definition) is 1. The van der Waals surface area contributed by atoms with Crippen LogP contribution in [0.15, 0.2) is 24.3 Å². The Morgan fingerprint density at radius 3 is 2.53 bits per heavy atom. The third kappa shape index (κ3) is 3.64. The normalized spacial score (nSPS) is 21.1. The fourth-order valence-corrected chi connectivity index (χ4v) is 2.47. The summed E-state index contributed by atoms with van der Waals surface area (Å²) in [5.74, 6) is 0.205. The molecule has 3 nitrogen and oxygen atoms in total. The highest BCUT2D eigenvalue weighted by Gasteiger charge is 2.23. The summed E-state index contributed by atoms with van der Waals surface area (Å²) >= 11 is 0. The van der Waals surface area contributed by atoms with E-state index in [1.165, 1.54) is 0 Å². The van der Waals surface area contributed by atoms with E-state index in [9.17, 15) is 8.78 Å². The van der Waals surface area contributed by atoms with Crippen molar-refractivity contribution in [1.29, 1.82) is 0 Å². The lowest BCUT2D eigenvalue weighted by Crippen LogP contribution is -2.35. The Bertz CT molecular complexity index is 391. The molecule has 0 bridgehead atoms. The van der Waals surface area contributed by atoms with Crippen LogP contribution < -0.4 is 10.1 Å². The highest BCUT2D eigenvalue weighted by Crippen LogP contribution is 2.25. The van der Waals surface area contributed by atoms with Gasteiger partial charge < -0.3 is 10.1 Å². The first-order chi connectivity index (χ1) is 9.08. The summed E-state index contributed by atoms with van der Waals surface area (Å²) in [7, 11) is 2.10. The Morgan fingerprint density at radius 2 is 2.00 bits per heavy atom. The highest BCUT2D eigenvalue weighted by atomic mass is 19.3. The van der Waals surface area contributed by atoms with Crippen LogP contribution in [0, 0.1) is 0 Å². The molecule has 1 heterocycles. The Kier molecular flexibility index (Phi) is 4.71. The van der Waals surface area contributed by atoms with Gasteiger partial charge in [-0.3, -0.25) is 4.90 Å². The number of nitrogens with zero attached hydrogens (tertiary/aromatic N) is 1. The van der Waals surface area contributed by atoms with Gasteiger partial charge in [0.15, 0.2) is 0 Å². The summed E-state index contributed by atoms with van der Waals surface area (Å²) in [6, 6.07) is 7.68. The fourth-order valence-electron chi connectivity index (χ4n) is 2.47. The van der Waals surface area contributed by atoms with Gasteiger partial charge in [-0.1, -0.05) is 12.1 Å². The smallest absolute Gasteiger partial charge is 0.387 e. The molecule has 1 aromatic rings. The molecule has 1 aromatic carbocycles.